The zero-order valence-electron chi connectivity index (χ0n) is 12.6. The van der Waals surface area contributed by atoms with E-state index in [1.807, 2.05) is 79.7 Å². The molecule has 2 aromatic carbocycles. The van der Waals surface area contributed by atoms with Gasteiger partial charge in [-0.2, -0.15) is 0 Å². The number of benzene rings is 2. The summed E-state index contributed by atoms with van der Waals surface area (Å²) in [5.41, 5.74) is 2.76. The largest absolute Gasteiger partial charge is 0.349 e. The van der Waals surface area contributed by atoms with Crippen LogP contribution in [0.25, 0.3) is 11.3 Å². The smallest absolute Gasteiger partial charge is 0.211 e. The highest BCUT2D eigenvalue weighted by Crippen LogP contribution is 2.26. The number of aromatic nitrogens is 2. The van der Waals surface area contributed by atoms with Crippen LogP contribution in [0.15, 0.2) is 60.7 Å². The fourth-order valence-electron chi connectivity index (χ4n) is 2.28. The number of H-pyrrole nitrogens is 1. The number of aromatic amines is 1. The van der Waals surface area contributed by atoms with Gasteiger partial charge < -0.3 is 9.88 Å². The first kappa shape index (κ1) is 14.1. The molecular weight excluding hydrogens is 274 g/mol. The highest BCUT2D eigenvalue weighted by Gasteiger charge is 2.20. The monoisotopic (exact) mass is 291 g/mol. The van der Waals surface area contributed by atoms with Crippen LogP contribution in [0.4, 0.5) is 5.95 Å². The normalized spacial score (nSPS) is 10.5. The number of carbonyl (C=O) groups is 1. The Morgan fingerprint density at radius 2 is 1.55 bits per heavy atom. The van der Waals surface area contributed by atoms with Gasteiger partial charge in [0.05, 0.1) is 0 Å². The van der Waals surface area contributed by atoms with E-state index in [-0.39, 0.29) is 5.78 Å². The zero-order chi connectivity index (χ0) is 15.5. The third-order valence-electron chi connectivity index (χ3n) is 3.43. The lowest BCUT2D eigenvalue weighted by molar-refractivity contribution is 0.103. The zero-order valence-corrected chi connectivity index (χ0v) is 12.6. The van der Waals surface area contributed by atoms with Crippen molar-refractivity contribution < 1.29 is 4.79 Å². The van der Waals surface area contributed by atoms with Gasteiger partial charge in [0, 0.05) is 25.2 Å². The highest BCUT2D eigenvalue weighted by atomic mass is 16.1. The number of rotatable bonds is 4. The molecule has 0 aliphatic heterocycles. The van der Waals surface area contributed by atoms with Gasteiger partial charge in [-0.25, -0.2) is 4.98 Å². The molecule has 3 rings (SSSR count). The second-order valence-corrected chi connectivity index (χ2v) is 5.24. The molecule has 0 atom stereocenters. The minimum atomic E-state index is -0.0555. The number of ketones is 1. The number of nitrogens with one attached hydrogen (secondary N) is 1. The molecule has 0 saturated heterocycles. The van der Waals surface area contributed by atoms with Crippen molar-refractivity contribution in [3.63, 3.8) is 0 Å². The van der Waals surface area contributed by atoms with Gasteiger partial charge in [0.15, 0.2) is 0 Å². The van der Waals surface area contributed by atoms with E-state index >= 15 is 0 Å². The lowest BCUT2D eigenvalue weighted by Crippen LogP contribution is -2.10. The van der Waals surface area contributed by atoms with E-state index in [9.17, 15) is 4.79 Å². The first-order valence-electron chi connectivity index (χ1n) is 7.09. The molecule has 0 aliphatic carbocycles. The van der Waals surface area contributed by atoms with Crippen LogP contribution in [-0.4, -0.2) is 29.8 Å². The van der Waals surface area contributed by atoms with Gasteiger partial charge in [0.2, 0.25) is 11.7 Å². The number of imidazole rings is 1. The quantitative estimate of drug-likeness (QED) is 0.750. The Morgan fingerprint density at radius 3 is 2.14 bits per heavy atom. The van der Waals surface area contributed by atoms with E-state index in [1.165, 1.54) is 0 Å². The van der Waals surface area contributed by atoms with E-state index in [0.717, 1.165) is 5.56 Å². The van der Waals surface area contributed by atoms with Crippen LogP contribution in [0, 0.1) is 0 Å². The van der Waals surface area contributed by atoms with Crippen molar-refractivity contribution in [1.82, 2.24) is 9.97 Å². The lowest BCUT2D eigenvalue weighted by atomic mass is 10.0. The molecule has 1 N–H and O–H groups in total. The lowest BCUT2D eigenvalue weighted by Gasteiger charge is -2.06. The van der Waals surface area contributed by atoms with E-state index in [1.54, 1.807) is 0 Å². The van der Waals surface area contributed by atoms with Crippen LogP contribution in [0.2, 0.25) is 0 Å². The van der Waals surface area contributed by atoms with Crippen molar-refractivity contribution in [1.29, 1.82) is 0 Å². The van der Waals surface area contributed by atoms with Gasteiger partial charge >= 0.3 is 0 Å². The number of hydrogen-bond donors (Lipinski definition) is 1. The molecule has 22 heavy (non-hydrogen) atoms. The number of anilines is 1. The molecule has 1 heterocycles. The third kappa shape index (κ3) is 2.63. The minimum absolute atomic E-state index is 0.0555. The van der Waals surface area contributed by atoms with Crippen LogP contribution in [-0.2, 0) is 0 Å². The van der Waals surface area contributed by atoms with E-state index in [4.69, 9.17) is 0 Å². The van der Waals surface area contributed by atoms with Gasteiger partial charge in [0.1, 0.15) is 11.4 Å². The Hall–Kier alpha value is -2.88. The second-order valence-electron chi connectivity index (χ2n) is 5.24. The summed E-state index contributed by atoms with van der Waals surface area (Å²) in [6.45, 7) is 0. The first-order chi connectivity index (χ1) is 10.7. The van der Waals surface area contributed by atoms with Crippen molar-refractivity contribution in [2.24, 2.45) is 0 Å². The summed E-state index contributed by atoms with van der Waals surface area (Å²) < 4.78 is 0. The molecule has 0 radical (unpaired) electrons. The number of nitrogens with zero attached hydrogens (tertiary/aromatic N) is 2. The summed E-state index contributed by atoms with van der Waals surface area (Å²) >= 11 is 0. The van der Waals surface area contributed by atoms with Crippen LogP contribution < -0.4 is 4.90 Å². The molecule has 110 valence electrons. The molecule has 4 nitrogen and oxygen atoms in total. The molecule has 3 aromatic rings. The molecular formula is C18H17N3O. The Bertz CT molecular complexity index is 777. The van der Waals surface area contributed by atoms with Crippen molar-refractivity contribution in [3.05, 3.63) is 71.9 Å². The molecule has 0 fully saturated rings. The van der Waals surface area contributed by atoms with Gasteiger partial charge in [-0.3, -0.25) is 4.79 Å². The molecule has 0 bridgehead atoms. The molecule has 0 amide bonds. The summed E-state index contributed by atoms with van der Waals surface area (Å²) in [7, 11) is 3.79. The maximum absolute atomic E-state index is 12.8. The Balaban J connectivity index is 2.12. The fourth-order valence-corrected chi connectivity index (χ4v) is 2.28. The summed E-state index contributed by atoms with van der Waals surface area (Å²) in [6.07, 6.45) is 0. The summed E-state index contributed by atoms with van der Waals surface area (Å²) in [4.78, 5) is 22.4. The van der Waals surface area contributed by atoms with Gasteiger partial charge in [-0.1, -0.05) is 60.7 Å². The predicted molar refractivity (Wildman–Crippen MR) is 88.2 cm³/mol. The van der Waals surface area contributed by atoms with Crippen molar-refractivity contribution in [3.8, 4) is 11.3 Å². The number of carbonyl (C=O) groups excluding carboxylic acids is 1. The van der Waals surface area contributed by atoms with Crippen LogP contribution in [0.5, 0.6) is 0 Å². The Morgan fingerprint density at radius 1 is 0.955 bits per heavy atom. The van der Waals surface area contributed by atoms with Gasteiger partial charge in [-0.15, -0.1) is 0 Å². The molecule has 4 heteroatoms. The van der Waals surface area contributed by atoms with Crippen LogP contribution in [0.3, 0.4) is 0 Å². The fraction of sp³-hybridized carbons (Fsp3) is 0.111. The van der Waals surface area contributed by atoms with Crippen LogP contribution in [0.1, 0.15) is 16.1 Å². The van der Waals surface area contributed by atoms with Crippen molar-refractivity contribution in [2.75, 3.05) is 19.0 Å². The van der Waals surface area contributed by atoms with Gasteiger partial charge in [0.25, 0.3) is 0 Å². The average Bonchev–Trinajstić information content (AvgIpc) is 3.01. The van der Waals surface area contributed by atoms with E-state index < -0.39 is 0 Å². The third-order valence-corrected chi connectivity index (χ3v) is 3.43. The van der Waals surface area contributed by atoms with E-state index in [2.05, 4.69) is 9.97 Å². The summed E-state index contributed by atoms with van der Waals surface area (Å²) in [5, 5.41) is 0. The van der Waals surface area contributed by atoms with Crippen LogP contribution >= 0.6 is 0 Å². The number of hydrogen-bond acceptors (Lipinski definition) is 3. The second kappa shape index (κ2) is 5.85. The molecule has 0 unspecified atom stereocenters. The molecule has 1 aromatic heterocycles. The van der Waals surface area contributed by atoms with Crippen molar-refractivity contribution >= 4 is 11.7 Å². The predicted octanol–water partition coefficient (Wildman–Crippen LogP) is 3.37. The van der Waals surface area contributed by atoms with Gasteiger partial charge in [-0.05, 0) is 0 Å². The summed E-state index contributed by atoms with van der Waals surface area (Å²) in [5.74, 6) is 0.609. The topological polar surface area (TPSA) is 49.0 Å². The minimum Gasteiger partial charge on any atom is -0.349 e. The molecule has 0 aliphatic rings. The molecule has 0 spiro atoms. The maximum Gasteiger partial charge on any atom is 0.211 e. The van der Waals surface area contributed by atoms with E-state index in [0.29, 0.717) is 22.9 Å². The Labute approximate surface area is 129 Å². The SMILES string of the molecule is CN(C)c1nc(-c2ccccc2)c(C(=O)c2ccccc2)[nH]1. The first-order valence-corrected chi connectivity index (χ1v) is 7.09. The Kier molecular flexibility index (Phi) is 3.74. The average molecular weight is 291 g/mol. The summed E-state index contributed by atoms with van der Waals surface area (Å²) in [6, 6.07) is 19.0. The standard InChI is InChI=1S/C18H17N3O/c1-21(2)18-19-15(13-9-5-3-6-10-13)16(20-18)17(22)14-11-7-4-8-12-14/h3-12H,1-2H3,(H,19,20). The molecule has 0 saturated carbocycles. The van der Waals surface area contributed by atoms with Crippen molar-refractivity contribution in [2.45, 2.75) is 0 Å². The highest BCUT2D eigenvalue weighted by molar-refractivity contribution is 6.11. The maximum atomic E-state index is 12.8.